The smallest absolute Gasteiger partial charge is 0.324 e. The van der Waals surface area contributed by atoms with E-state index in [4.69, 9.17) is 0 Å². The fourth-order valence-corrected chi connectivity index (χ4v) is 2.71. The summed E-state index contributed by atoms with van der Waals surface area (Å²) >= 11 is 0. The Bertz CT molecular complexity index is 443. The first-order chi connectivity index (χ1) is 8.41. The largest absolute Gasteiger partial charge is 0.337 e. The molecular formula is C12H18NO4P. The Morgan fingerprint density at radius 2 is 1.83 bits per heavy atom. The molecule has 2 N–H and O–H groups in total. The Kier molecular flexibility index (Phi) is 5.08. The molecule has 0 aliphatic heterocycles. The summed E-state index contributed by atoms with van der Waals surface area (Å²) in [6.07, 6.45) is 0.118. The number of para-hydroxylation sites is 1. The molecule has 5 nitrogen and oxygen atoms in total. The van der Waals surface area contributed by atoms with E-state index in [2.05, 4.69) is 0 Å². The van der Waals surface area contributed by atoms with E-state index in [1.54, 1.807) is 38.1 Å². The van der Waals surface area contributed by atoms with Crippen LogP contribution in [0.15, 0.2) is 30.3 Å². The van der Waals surface area contributed by atoms with Gasteiger partial charge in [-0.3, -0.25) is 9.36 Å². The maximum Gasteiger partial charge on any atom is 0.337 e. The molecule has 0 heterocycles. The van der Waals surface area contributed by atoms with E-state index in [1.807, 2.05) is 6.07 Å². The van der Waals surface area contributed by atoms with Crippen molar-refractivity contribution >= 4 is 19.2 Å². The Morgan fingerprint density at radius 1 is 1.28 bits per heavy atom. The van der Waals surface area contributed by atoms with Crippen LogP contribution in [0.3, 0.4) is 0 Å². The number of carbonyl (C=O) groups is 1. The Balaban J connectivity index is 3.03. The molecule has 1 aromatic rings. The normalized spacial score (nSPS) is 13.1. The summed E-state index contributed by atoms with van der Waals surface area (Å²) in [5, 5.41) is 0. The maximum atomic E-state index is 12.2. The van der Waals surface area contributed by atoms with Crippen molar-refractivity contribution < 1.29 is 19.1 Å². The van der Waals surface area contributed by atoms with Crippen LogP contribution in [0.4, 0.5) is 5.69 Å². The van der Waals surface area contributed by atoms with Crippen LogP contribution in [0.2, 0.25) is 0 Å². The fraction of sp³-hybridized carbons (Fsp3) is 0.417. The number of hydrogen-bond acceptors (Lipinski definition) is 2. The van der Waals surface area contributed by atoms with Crippen molar-refractivity contribution in [2.75, 3.05) is 11.4 Å². The summed E-state index contributed by atoms with van der Waals surface area (Å²) in [4.78, 5) is 32.0. The minimum atomic E-state index is -4.41. The second-order valence-electron chi connectivity index (χ2n) is 3.93. The highest BCUT2D eigenvalue weighted by Gasteiger charge is 2.36. The molecule has 0 radical (unpaired) electrons. The molecule has 1 amide bonds. The molecule has 0 aromatic heterocycles. The molecule has 6 heteroatoms. The summed E-state index contributed by atoms with van der Waals surface area (Å²) in [6.45, 7) is 3.75. The van der Waals surface area contributed by atoms with Crippen molar-refractivity contribution in [1.29, 1.82) is 0 Å². The lowest BCUT2D eigenvalue weighted by molar-refractivity contribution is -0.118. The van der Waals surface area contributed by atoms with Crippen LogP contribution in [0.5, 0.6) is 0 Å². The molecule has 18 heavy (non-hydrogen) atoms. The van der Waals surface area contributed by atoms with Gasteiger partial charge in [-0.25, -0.2) is 0 Å². The van der Waals surface area contributed by atoms with Crippen LogP contribution >= 0.6 is 7.60 Å². The Hall–Kier alpha value is -1.16. The molecule has 0 spiro atoms. The van der Waals surface area contributed by atoms with Crippen molar-refractivity contribution in [2.45, 2.75) is 25.9 Å². The second kappa shape index (κ2) is 6.14. The van der Waals surface area contributed by atoms with E-state index < -0.39 is 19.2 Å². The number of carbonyl (C=O) groups excluding carboxylic acids is 1. The van der Waals surface area contributed by atoms with E-state index >= 15 is 0 Å². The van der Waals surface area contributed by atoms with E-state index in [0.717, 1.165) is 0 Å². The van der Waals surface area contributed by atoms with Gasteiger partial charge in [0.2, 0.25) is 5.91 Å². The molecule has 1 unspecified atom stereocenters. The third-order valence-electron chi connectivity index (χ3n) is 2.73. The number of rotatable bonds is 5. The standard InChI is InChI=1S/C12H18NO4P/c1-3-11(18(15,16)17)12(14)13(4-2)10-8-6-5-7-9-10/h5-9,11H,3-4H2,1-2H3,(H2,15,16,17). The van der Waals surface area contributed by atoms with Crippen molar-refractivity contribution in [3.8, 4) is 0 Å². The number of anilines is 1. The van der Waals surface area contributed by atoms with Crippen molar-refractivity contribution in [3.63, 3.8) is 0 Å². The first-order valence-electron chi connectivity index (χ1n) is 5.83. The van der Waals surface area contributed by atoms with Crippen LogP contribution in [0.1, 0.15) is 20.3 Å². The molecule has 0 aliphatic carbocycles. The summed E-state index contributed by atoms with van der Waals surface area (Å²) in [6, 6.07) is 8.87. The molecule has 0 saturated heterocycles. The van der Waals surface area contributed by atoms with Crippen LogP contribution in [-0.2, 0) is 9.36 Å². The van der Waals surface area contributed by atoms with Gasteiger partial charge in [-0.2, -0.15) is 0 Å². The third kappa shape index (κ3) is 3.42. The summed E-state index contributed by atoms with van der Waals surface area (Å²) in [7, 11) is -4.41. The summed E-state index contributed by atoms with van der Waals surface area (Å²) in [5.74, 6) is -0.528. The van der Waals surface area contributed by atoms with Crippen molar-refractivity contribution in [2.24, 2.45) is 0 Å². The van der Waals surface area contributed by atoms with E-state index in [-0.39, 0.29) is 6.42 Å². The van der Waals surface area contributed by atoms with Gasteiger partial charge >= 0.3 is 7.60 Å². The zero-order valence-electron chi connectivity index (χ0n) is 10.5. The highest BCUT2D eigenvalue weighted by atomic mass is 31.2. The molecule has 1 aromatic carbocycles. The number of benzene rings is 1. The van der Waals surface area contributed by atoms with Crippen LogP contribution in [0, 0.1) is 0 Å². The van der Waals surface area contributed by atoms with Gasteiger partial charge in [0.15, 0.2) is 0 Å². The monoisotopic (exact) mass is 271 g/mol. The van der Waals surface area contributed by atoms with Gasteiger partial charge in [0, 0.05) is 12.2 Å². The topological polar surface area (TPSA) is 77.8 Å². The average molecular weight is 271 g/mol. The summed E-state index contributed by atoms with van der Waals surface area (Å²) < 4.78 is 11.3. The first-order valence-corrected chi connectivity index (χ1v) is 7.51. The highest BCUT2D eigenvalue weighted by Crippen LogP contribution is 2.44. The first kappa shape index (κ1) is 14.9. The van der Waals surface area contributed by atoms with Gasteiger partial charge in [-0.15, -0.1) is 0 Å². The zero-order valence-corrected chi connectivity index (χ0v) is 11.4. The predicted octanol–water partition coefficient (Wildman–Crippen LogP) is 2.00. The minimum absolute atomic E-state index is 0.118. The van der Waals surface area contributed by atoms with Gasteiger partial charge in [0.25, 0.3) is 0 Å². The Morgan fingerprint density at radius 3 is 2.22 bits per heavy atom. The van der Waals surface area contributed by atoms with E-state index in [0.29, 0.717) is 12.2 Å². The SMILES string of the molecule is CCC(C(=O)N(CC)c1ccccc1)P(=O)(O)O. The molecule has 1 atom stereocenters. The van der Waals surface area contributed by atoms with Gasteiger partial charge in [0.1, 0.15) is 5.66 Å². The van der Waals surface area contributed by atoms with Gasteiger partial charge in [0.05, 0.1) is 0 Å². The minimum Gasteiger partial charge on any atom is -0.324 e. The quantitative estimate of drug-likeness (QED) is 0.803. The third-order valence-corrected chi connectivity index (χ3v) is 4.13. The van der Waals surface area contributed by atoms with Gasteiger partial charge in [-0.05, 0) is 25.5 Å². The molecule has 0 aliphatic rings. The molecule has 100 valence electrons. The predicted molar refractivity (Wildman–Crippen MR) is 70.6 cm³/mol. The molecule has 0 bridgehead atoms. The second-order valence-corrected chi connectivity index (χ2v) is 5.73. The van der Waals surface area contributed by atoms with Crippen LogP contribution in [0.25, 0.3) is 0 Å². The zero-order chi connectivity index (χ0) is 13.8. The number of nitrogens with zero attached hydrogens (tertiary/aromatic N) is 1. The van der Waals surface area contributed by atoms with E-state index in [9.17, 15) is 19.1 Å². The van der Waals surface area contributed by atoms with Crippen molar-refractivity contribution in [1.82, 2.24) is 0 Å². The fourth-order valence-electron chi connectivity index (χ4n) is 1.81. The summed E-state index contributed by atoms with van der Waals surface area (Å²) in [5.41, 5.74) is -0.616. The van der Waals surface area contributed by atoms with Crippen molar-refractivity contribution in [3.05, 3.63) is 30.3 Å². The van der Waals surface area contributed by atoms with Crippen LogP contribution < -0.4 is 4.90 Å². The van der Waals surface area contributed by atoms with E-state index in [1.165, 1.54) is 4.90 Å². The van der Waals surface area contributed by atoms with Crippen LogP contribution in [-0.4, -0.2) is 27.9 Å². The average Bonchev–Trinajstić information content (AvgIpc) is 2.30. The molecular weight excluding hydrogens is 253 g/mol. The lowest BCUT2D eigenvalue weighted by Gasteiger charge is -2.26. The maximum absolute atomic E-state index is 12.2. The lowest BCUT2D eigenvalue weighted by Crippen LogP contribution is -2.38. The van der Waals surface area contributed by atoms with Gasteiger partial charge < -0.3 is 14.7 Å². The molecule has 0 fully saturated rings. The Labute approximate surface area is 107 Å². The molecule has 1 rings (SSSR count). The number of hydrogen-bond donors (Lipinski definition) is 2. The highest BCUT2D eigenvalue weighted by molar-refractivity contribution is 7.53. The molecule has 0 saturated carbocycles. The lowest BCUT2D eigenvalue weighted by atomic mass is 10.2. The number of amides is 1. The van der Waals surface area contributed by atoms with Gasteiger partial charge in [-0.1, -0.05) is 25.1 Å².